The molecule has 0 radical (unpaired) electrons. The average molecular weight is 704 g/mol. The lowest BCUT2D eigenvalue weighted by Gasteiger charge is -2.25. The van der Waals surface area contributed by atoms with Gasteiger partial charge in [0.25, 0.3) is 0 Å². The molecule has 0 aliphatic carbocycles. The molecular formula is C48H81NS. The molecule has 0 fully saturated rings. The summed E-state index contributed by atoms with van der Waals surface area (Å²) < 4.78 is 0. The molecule has 1 aliphatic heterocycles. The molecule has 0 saturated heterocycles. The normalized spacial score (nSPS) is 12.2. The smallest absolute Gasteiger partial charge is 0.0561 e. The van der Waals surface area contributed by atoms with Crippen LogP contribution < -0.4 is 5.32 Å². The first-order valence-electron chi connectivity index (χ1n) is 22.5. The zero-order valence-electron chi connectivity index (χ0n) is 33.4. The Morgan fingerprint density at radius 2 is 0.760 bits per heavy atom. The zero-order valence-corrected chi connectivity index (χ0v) is 34.2. The third-order valence-corrected chi connectivity index (χ3v) is 12.5. The maximum Gasteiger partial charge on any atom is 0.0561 e. The van der Waals surface area contributed by atoms with Gasteiger partial charge < -0.3 is 5.32 Å². The summed E-state index contributed by atoms with van der Waals surface area (Å²) in [6.07, 6.45) is 48.4. The molecule has 0 atom stereocenters. The minimum atomic E-state index is 1.23. The van der Waals surface area contributed by atoms with Gasteiger partial charge in [-0.05, 0) is 55.0 Å². The van der Waals surface area contributed by atoms with Gasteiger partial charge in [-0.15, -0.1) is 0 Å². The van der Waals surface area contributed by atoms with E-state index in [-0.39, 0.29) is 0 Å². The molecule has 1 aliphatic rings. The number of rotatable bonds is 34. The number of hydrogen-bond acceptors (Lipinski definition) is 2. The second-order valence-electron chi connectivity index (χ2n) is 15.9. The molecule has 2 aromatic carbocycles. The number of benzene rings is 2. The summed E-state index contributed by atoms with van der Waals surface area (Å²) in [5, 5.41) is 3.89. The van der Waals surface area contributed by atoms with Crippen molar-refractivity contribution in [1.82, 2.24) is 0 Å². The highest BCUT2D eigenvalue weighted by atomic mass is 32.2. The van der Waals surface area contributed by atoms with Crippen LogP contribution in [0.15, 0.2) is 46.2 Å². The van der Waals surface area contributed by atoms with E-state index in [2.05, 4.69) is 55.6 Å². The van der Waals surface area contributed by atoms with E-state index in [1.165, 1.54) is 239 Å². The quantitative estimate of drug-likeness (QED) is 0.0622. The first kappa shape index (κ1) is 43.0. The van der Waals surface area contributed by atoms with Crippen LogP contribution in [0, 0.1) is 0 Å². The van der Waals surface area contributed by atoms with Gasteiger partial charge in [-0.2, -0.15) is 0 Å². The summed E-state index contributed by atoms with van der Waals surface area (Å²) in [5.74, 6) is 0. The molecule has 0 amide bonds. The summed E-state index contributed by atoms with van der Waals surface area (Å²) >= 11 is 1.96. The Morgan fingerprint density at radius 1 is 0.380 bits per heavy atom. The van der Waals surface area contributed by atoms with Gasteiger partial charge in [0, 0.05) is 9.79 Å². The molecule has 50 heavy (non-hydrogen) atoms. The van der Waals surface area contributed by atoms with Crippen molar-refractivity contribution in [1.29, 1.82) is 0 Å². The topological polar surface area (TPSA) is 12.0 Å². The van der Waals surface area contributed by atoms with Gasteiger partial charge in [0.05, 0.1) is 11.4 Å². The Balaban J connectivity index is 1.27. The monoisotopic (exact) mass is 704 g/mol. The Kier molecular flexibility index (Phi) is 25.9. The van der Waals surface area contributed by atoms with E-state index in [4.69, 9.17) is 0 Å². The van der Waals surface area contributed by atoms with Gasteiger partial charge in [0.2, 0.25) is 0 Å². The lowest BCUT2D eigenvalue weighted by Crippen LogP contribution is -2.07. The van der Waals surface area contributed by atoms with Crippen molar-refractivity contribution in [3.8, 4) is 0 Å². The maximum absolute atomic E-state index is 3.89. The predicted octanol–water partition coefficient (Wildman–Crippen LogP) is 17.5. The number of fused-ring (bicyclic) bond motifs is 2. The highest BCUT2D eigenvalue weighted by molar-refractivity contribution is 7.99. The summed E-state index contributed by atoms with van der Waals surface area (Å²) in [7, 11) is 0. The number of nitrogens with one attached hydrogen (secondary N) is 1. The van der Waals surface area contributed by atoms with Crippen LogP contribution in [-0.2, 0) is 12.8 Å². The molecule has 3 rings (SSSR count). The molecule has 0 unspecified atom stereocenters. The van der Waals surface area contributed by atoms with Gasteiger partial charge in [-0.1, -0.05) is 236 Å². The van der Waals surface area contributed by atoms with Crippen LogP contribution >= 0.6 is 11.8 Å². The van der Waals surface area contributed by atoms with E-state index >= 15 is 0 Å². The van der Waals surface area contributed by atoms with Crippen molar-refractivity contribution in [2.45, 2.75) is 242 Å². The summed E-state index contributed by atoms with van der Waals surface area (Å²) in [6, 6.07) is 13.7. The van der Waals surface area contributed by atoms with Gasteiger partial charge in [-0.25, -0.2) is 0 Å². The summed E-state index contributed by atoms with van der Waals surface area (Å²) in [5.41, 5.74) is 5.94. The molecule has 284 valence electrons. The van der Waals surface area contributed by atoms with Crippen molar-refractivity contribution in [3.05, 3.63) is 47.5 Å². The third kappa shape index (κ3) is 19.4. The molecule has 0 bridgehead atoms. The maximum atomic E-state index is 3.89. The number of aryl methyl sites for hydroxylation is 1. The minimum Gasteiger partial charge on any atom is -0.353 e. The molecule has 1 heterocycles. The number of anilines is 2. The van der Waals surface area contributed by atoms with Gasteiger partial charge in [0.1, 0.15) is 0 Å². The van der Waals surface area contributed by atoms with Crippen LogP contribution in [-0.4, -0.2) is 0 Å². The second kappa shape index (κ2) is 30.1. The first-order valence-corrected chi connectivity index (χ1v) is 23.3. The predicted molar refractivity (Wildman–Crippen MR) is 227 cm³/mol. The van der Waals surface area contributed by atoms with Crippen LogP contribution in [0.2, 0.25) is 0 Å². The van der Waals surface area contributed by atoms with Crippen LogP contribution in [0.25, 0.3) is 0 Å². The molecule has 2 heteroatoms. The standard InChI is InChI=1S/C48H81NS/c1-3-5-7-9-11-13-15-17-19-21-23-25-27-29-31-33-37-43-41-42-47-48(49-45-39-35-36-40-46(45)50-47)44(43)38-34-32-30-28-26-24-22-20-18-16-14-12-10-8-6-4-2/h35-36,39-42,49H,3-34,37-38H2,1-2H3. The lowest BCUT2D eigenvalue weighted by atomic mass is 9.94. The van der Waals surface area contributed by atoms with Crippen LogP contribution in [0.4, 0.5) is 11.4 Å². The van der Waals surface area contributed by atoms with Crippen molar-refractivity contribution in [2.75, 3.05) is 5.32 Å². The average Bonchev–Trinajstić information content (AvgIpc) is 3.14. The lowest BCUT2D eigenvalue weighted by molar-refractivity contribution is 0.528. The molecule has 0 saturated carbocycles. The van der Waals surface area contributed by atoms with E-state index in [1.807, 2.05) is 11.8 Å². The van der Waals surface area contributed by atoms with Crippen LogP contribution in [0.5, 0.6) is 0 Å². The van der Waals surface area contributed by atoms with Gasteiger partial charge >= 0.3 is 0 Å². The molecule has 1 N–H and O–H groups in total. The molecule has 0 spiro atoms. The van der Waals surface area contributed by atoms with Crippen molar-refractivity contribution < 1.29 is 0 Å². The second-order valence-corrected chi connectivity index (χ2v) is 17.0. The van der Waals surface area contributed by atoms with Crippen molar-refractivity contribution >= 4 is 23.1 Å². The van der Waals surface area contributed by atoms with E-state index in [0.717, 1.165) is 0 Å². The zero-order chi connectivity index (χ0) is 35.2. The molecule has 1 nitrogen and oxygen atoms in total. The third-order valence-electron chi connectivity index (χ3n) is 11.3. The Bertz CT molecular complexity index is 1080. The van der Waals surface area contributed by atoms with E-state index < -0.39 is 0 Å². The highest BCUT2D eigenvalue weighted by Crippen LogP contribution is 2.46. The SMILES string of the molecule is CCCCCCCCCCCCCCCCCCc1ccc2c(c1CCCCCCCCCCCCCCCCCC)Nc1ccccc1S2. The van der Waals surface area contributed by atoms with Crippen molar-refractivity contribution in [2.24, 2.45) is 0 Å². The Hall–Kier alpha value is -1.41. The highest BCUT2D eigenvalue weighted by Gasteiger charge is 2.20. The van der Waals surface area contributed by atoms with E-state index in [9.17, 15) is 0 Å². The first-order chi connectivity index (χ1) is 24.8. The van der Waals surface area contributed by atoms with Crippen LogP contribution in [0.1, 0.15) is 230 Å². The van der Waals surface area contributed by atoms with Gasteiger partial charge in [0.15, 0.2) is 0 Å². The van der Waals surface area contributed by atoms with Crippen LogP contribution in [0.3, 0.4) is 0 Å². The molecular weight excluding hydrogens is 623 g/mol. The Labute approximate surface area is 316 Å². The number of unbranched alkanes of at least 4 members (excludes halogenated alkanes) is 30. The fraction of sp³-hybridized carbons (Fsp3) is 0.750. The van der Waals surface area contributed by atoms with E-state index in [0.29, 0.717) is 0 Å². The number of hydrogen-bond donors (Lipinski definition) is 1. The largest absolute Gasteiger partial charge is 0.353 e. The molecule has 2 aromatic rings. The fourth-order valence-electron chi connectivity index (χ4n) is 8.04. The Morgan fingerprint density at radius 3 is 1.20 bits per heavy atom. The van der Waals surface area contributed by atoms with Gasteiger partial charge in [-0.3, -0.25) is 0 Å². The minimum absolute atomic E-state index is 1.23. The van der Waals surface area contributed by atoms with Crippen molar-refractivity contribution in [3.63, 3.8) is 0 Å². The molecule has 0 aromatic heterocycles. The summed E-state index contributed by atoms with van der Waals surface area (Å²) in [6.45, 7) is 4.62. The summed E-state index contributed by atoms with van der Waals surface area (Å²) in [4.78, 5) is 2.78. The fourth-order valence-corrected chi connectivity index (χ4v) is 9.06. The number of para-hydroxylation sites is 1. The van der Waals surface area contributed by atoms with E-state index in [1.54, 1.807) is 11.1 Å².